The second-order valence-electron chi connectivity index (χ2n) is 6.30. The molecule has 1 heterocycles. The van der Waals surface area contributed by atoms with Crippen LogP contribution < -0.4 is 21.7 Å². The fourth-order valence-corrected chi connectivity index (χ4v) is 2.67. The zero-order chi connectivity index (χ0) is 19.2. The molecule has 1 aliphatic heterocycles. The van der Waals surface area contributed by atoms with Crippen molar-refractivity contribution in [2.45, 2.75) is 25.4 Å². The van der Waals surface area contributed by atoms with Gasteiger partial charge in [0.25, 0.3) is 0 Å². The average Bonchev–Trinajstić information content (AvgIpc) is 3.20. The van der Waals surface area contributed by atoms with E-state index in [9.17, 15) is 4.79 Å². The molecule has 0 spiro atoms. The molecule has 0 aliphatic carbocycles. The van der Waals surface area contributed by atoms with Crippen LogP contribution in [0.3, 0.4) is 0 Å². The monoisotopic (exact) mass is 380 g/mol. The van der Waals surface area contributed by atoms with E-state index in [4.69, 9.17) is 19.9 Å². The smallest absolute Gasteiger partial charge is 0.239 e. The molecule has 27 heavy (non-hydrogen) atoms. The first-order chi connectivity index (χ1) is 13.3. The Morgan fingerprint density at radius 2 is 1.93 bits per heavy atom. The summed E-state index contributed by atoms with van der Waals surface area (Å²) in [6.45, 7) is 5.25. The predicted molar refractivity (Wildman–Crippen MR) is 103 cm³/mol. The molecule has 0 bridgehead atoms. The highest BCUT2D eigenvalue weighted by molar-refractivity contribution is 5.81. The largest absolute Gasteiger partial charge is 0.375 e. The highest BCUT2D eigenvalue weighted by Gasteiger charge is 2.20. The zero-order valence-corrected chi connectivity index (χ0v) is 15.8. The number of rotatable bonds is 14. The van der Waals surface area contributed by atoms with E-state index in [0.29, 0.717) is 52.5 Å². The van der Waals surface area contributed by atoms with E-state index in [1.54, 1.807) is 0 Å². The number of carbonyl (C=O) groups is 1. The van der Waals surface area contributed by atoms with E-state index >= 15 is 0 Å². The number of benzene rings is 1. The molecule has 5 N–H and O–H groups in total. The molecule has 2 rings (SSSR count). The molecule has 1 atom stereocenters. The quantitative estimate of drug-likeness (QED) is 0.325. The third-order valence-electron chi connectivity index (χ3n) is 4.10. The van der Waals surface area contributed by atoms with Crippen molar-refractivity contribution >= 4 is 5.91 Å². The van der Waals surface area contributed by atoms with Gasteiger partial charge in [0.15, 0.2) is 6.29 Å². The molecule has 8 nitrogen and oxygen atoms in total. The van der Waals surface area contributed by atoms with E-state index in [1.165, 1.54) is 0 Å². The molecule has 1 aliphatic rings. The van der Waals surface area contributed by atoms with E-state index in [0.717, 1.165) is 18.7 Å². The van der Waals surface area contributed by atoms with E-state index in [2.05, 4.69) is 16.0 Å². The fourth-order valence-electron chi connectivity index (χ4n) is 2.67. The Morgan fingerprint density at radius 3 is 2.67 bits per heavy atom. The van der Waals surface area contributed by atoms with Crippen molar-refractivity contribution in [1.82, 2.24) is 16.0 Å². The number of amides is 1. The fraction of sp³-hybridized carbons (Fsp3) is 0.632. The lowest BCUT2D eigenvalue weighted by molar-refractivity contribution is -0.125. The van der Waals surface area contributed by atoms with Crippen LogP contribution in [0, 0.1) is 0 Å². The van der Waals surface area contributed by atoms with Gasteiger partial charge in [-0.15, -0.1) is 0 Å². The second-order valence-corrected chi connectivity index (χ2v) is 6.30. The minimum Gasteiger partial charge on any atom is -0.375 e. The minimum absolute atomic E-state index is 0.0834. The van der Waals surface area contributed by atoms with Gasteiger partial charge in [0, 0.05) is 39.1 Å². The lowest BCUT2D eigenvalue weighted by atomic mass is 10.2. The Kier molecular flexibility index (Phi) is 10.9. The molecule has 1 saturated heterocycles. The summed E-state index contributed by atoms with van der Waals surface area (Å²) < 4.78 is 16.5. The zero-order valence-electron chi connectivity index (χ0n) is 15.8. The molecule has 1 fully saturated rings. The van der Waals surface area contributed by atoms with Crippen molar-refractivity contribution in [3.63, 3.8) is 0 Å². The minimum atomic E-state index is -0.418. The molecule has 152 valence electrons. The molecule has 1 amide bonds. The Morgan fingerprint density at radius 1 is 1.15 bits per heavy atom. The molecule has 8 heteroatoms. The van der Waals surface area contributed by atoms with Gasteiger partial charge in [-0.2, -0.15) is 0 Å². The summed E-state index contributed by atoms with van der Waals surface area (Å²) in [6, 6.07) is 9.49. The average molecular weight is 380 g/mol. The number of nitrogens with two attached hydrogens (primary N) is 1. The van der Waals surface area contributed by atoms with Gasteiger partial charge in [0.2, 0.25) is 5.91 Å². The van der Waals surface area contributed by atoms with Gasteiger partial charge >= 0.3 is 0 Å². The number of nitrogens with one attached hydrogen (secondary N) is 3. The van der Waals surface area contributed by atoms with Crippen LogP contribution in [0.5, 0.6) is 0 Å². The van der Waals surface area contributed by atoms with Crippen LogP contribution in [-0.2, 0) is 25.6 Å². The van der Waals surface area contributed by atoms with Crippen LogP contribution in [-0.4, -0.2) is 70.8 Å². The number of carbonyl (C=O) groups excluding carboxylic acids is 1. The lowest BCUT2D eigenvalue weighted by Crippen LogP contribution is -2.49. The van der Waals surface area contributed by atoms with Gasteiger partial charge in [-0.25, -0.2) is 0 Å². The van der Waals surface area contributed by atoms with Gasteiger partial charge in [-0.1, -0.05) is 30.3 Å². The highest BCUT2D eigenvalue weighted by atomic mass is 16.7. The number of ether oxygens (including phenoxy) is 3. The Labute approximate surface area is 161 Å². The molecule has 1 aromatic carbocycles. The van der Waals surface area contributed by atoms with E-state index in [-0.39, 0.29) is 12.2 Å². The Balaban J connectivity index is 1.71. The van der Waals surface area contributed by atoms with Crippen molar-refractivity contribution in [3.05, 3.63) is 35.9 Å². The molecule has 1 aromatic rings. The summed E-state index contributed by atoms with van der Waals surface area (Å²) in [6.07, 6.45) is 0.424. The Bertz CT molecular complexity index is 512. The van der Waals surface area contributed by atoms with Crippen LogP contribution in [0.4, 0.5) is 0 Å². The second kappa shape index (κ2) is 13.6. The normalized spacial score (nSPS) is 15.7. The van der Waals surface area contributed by atoms with Gasteiger partial charge < -0.3 is 35.9 Å². The van der Waals surface area contributed by atoms with Crippen LogP contribution in [0.25, 0.3) is 0 Å². The summed E-state index contributed by atoms with van der Waals surface area (Å²) in [4.78, 5) is 12.5. The summed E-state index contributed by atoms with van der Waals surface area (Å²) in [5, 5.41) is 9.37. The van der Waals surface area contributed by atoms with Crippen LogP contribution >= 0.6 is 0 Å². The third kappa shape index (κ3) is 9.28. The maximum atomic E-state index is 12.5. The maximum Gasteiger partial charge on any atom is 0.239 e. The number of hydrogen-bond acceptors (Lipinski definition) is 7. The van der Waals surface area contributed by atoms with Crippen molar-refractivity contribution in [1.29, 1.82) is 0 Å². The van der Waals surface area contributed by atoms with Crippen LogP contribution in [0.15, 0.2) is 30.3 Å². The van der Waals surface area contributed by atoms with Crippen molar-refractivity contribution in [2.24, 2.45) is 5.73 Å². The molecular weight excluding hydrogens is 348 g/mol. The van der Waals surface area contributed by atoms with Gasteiger partial charge in [0.05, 0.1) is 26.4 Å². The molecular formula is C19H32N4O4. The molecule has 0 aromatic heterocycles. The topological polar surface area (TPSA) is 107 Å². The Hall–Kier alpha value is -1.55. The highest BCUT2D eigenvalue weighted by Crippen LogP contribution is 2.06. The first-order valence-corrected chi connectivity index (χ1v) is 9.56. The third-order valence-corrected chi connectivity index (χ3v) is 4.10. The van der Waals surface area contributed by atoms with Crippen LogP contribution in [0.2, 0.25) is 0 Å². The molecule has 1 unspecified atom stereocenters. The first-order valence-electron chi connectivity index (χ1n) is 9.56. The molecule has 0 saturated carbocycles. The SMILES string of the molecule is NCCNCCNC(COCc1ccccc1)C(=O)NCCC1OCCO1. The van der Waals surface area contributed by atoms with E-state index < -0.39 is 6.04 Å². The standard InChI is InChI=1S/C19H32N4O4/c20-7-9-21-10-11-22-17(15-25-14-16-4-2-1-3-5-16)19(24)23-8-6-18-26-12-13-27-18/h1-5,17-18,21-22H,6-15,20H2,(H,23,24). The lowest BCUT2D eigenvalue weighted by Gasteiger charge is -2.19. The van der Waals surface area contributed by atoms with Crippen LogP contribution in [0.1, 0.15) is 12.0 Å². The molecule has 0 radical (unpaired) electrons. The van der Waals surface area contributed by atoms with Gasteiger partial charge in [0.1, 0.15) is 6.04 Å². The maximum absolute atomic E-state index is 12.5. The number of hydrogen-bond donors (Lipinski definition) is 4. The summed E-state index contributed by atoms with van der Waals surface area (Å²) in [7, 11) is 0. The summed E-state index contributed by atoms with van der Waals surface area (Å²) in [5.74, 6) is -0.0834. The summed E-state index contributed by atoms with van der Waals surface area (Å²) in [5.41, 5.74) is 6.54. The van der Waals surface area contributed by atoms with Crippen molar-refractivity contribution in [3.8, 4) is 0 Å². The van der Waals surface area contributed by atoms with Gasteiger partial charge in [-0.05, 0) is 5.56 Å². The predicted octanol–water partition coefficient (Wildman–Crippen LogP) is -0.411. The van der Waals surface area contributed by atoms with E-state index in [1.807, 2.05) is 30.3 Å². The summed E-state index contributed by atoms with van der Waals surface area (Å²) >= 11 is 0. The van der Waals surface area contributed by atoms with Crippen molar-refractivity contribution in [2.75, 3.05) is 52.5 Å². The van der Waals surface area contributed by atoms with Crippen molar-refractivity contribution < 1.29 is 19.0 Å². The first kappa shape index (κ1) is 21.7. The van der Waals surface area contributed by atoms with Gasteiger partial charge in [-0.3, -0.25) is 4.79 Å².